The molecular weight excluding hydrogens is 356 g/mol. The van der Waals surface area contributed by atoms with Gasteiger partial charge in [0.15, 0.2) is 5.76 Å². The molecule has 0 bridgehead atoms. The Balaban J connectivity index is 1.82. The van der Waals surface area contributed by atoms with Crippen LogP contribution in [0.4, 0.5) is 0 Å². The van der Waals surface area contributed by atoms with Crippen molar-refractivity contribution >= 4 is 16.9 Å². The Labute approximate surface area is 165 Å². The largest absolute Gasteiger partial charge is 0.497 e. The Morgan fingerprint density at radius 2 is 1.89 bits per heavy atom. The standard InChI is InChI=1S/C22H26N2O4/c1-14-17-12-15(26-4)10-11-20(17)28-21(14)22(25)23-13-18(24(2)3)16-8-6-7-9-19(16)27-5/h6-12,18H,13H2,1-5H3,(H,23,25)/t18-/m1/s1. The molecule has 6 heteroatoms. The van der Waals surface area contributed by atoms with E-state index < -0.39 is 0 Å². The Hall–Kier alpha value is -2.99. The molecule has 0 unspecified atom stereocenters. The number of nitrogens with one attached hydrogen (secondary N) is 1. The Kier molecular flexibility index (Phi) is 5.90. The maximum Gasteiger partial charge on any atom is 0.287 e. The molecule has 3 aromatic rings. The van der Waals surface area contributed by atoms with Gasteiger partial charge in [-0.3, -0.25) is 4.79 Å². The monoisotopic (exact) mass is 382 g/mol. The van der Waals surface area contributed by atoms with Crippen LogP contribution in [0.15, 0.2) is 46.9 Å². The minimum atomic E-state index is -0.241. The number of fused-ring (bicyclic) bond motifs is 1. The van der Waals surface area contributed by atoms with Gasteiger partial charge >= 0.3 is 0 Å². The number of carbonyl (C=O) groups is 1. The number of ether oxygens (including phenoxy) is 2. The molecule has 0 aliphatic rings. The van der Waals surface area contributed by atoms with E-state index in [1.807, 2.05) is 63.5 Å². The van der Waals surface area contributed by atoms with Crippen LogP contribution in [-0.2, 0) is 0 Å². The van der Waals surface area contributed by atoms with Crippen molar-refractivity contribution in [2.45, 2.75) is 13.0 Å². The van der Waals surface area contributed by atoms with Crippen molar-refractivity contribution in [2.24, 2.45) is 0 Å². The number of methoxy groups -OCH3 is 2. The van der Waals surface area contributed by atoms with Crippen LogP contribution in [0.25, 0.3) is 11.0 Å². The topological polar surface area (TPSA) is 63.9 Å². The first-order valence-corrected chi connectivity index (χ1v) is 9.11. The Morgan fingerprint density at radius 3 is 2.57 bits per heavy atom. The van der Waals surface area contributed by atoms with Gasteiger partial charge < -0.3 is 24.1 Å². The Bertz CT molecular complexity index is 978. The van der Waals surface area contributed by atoms with Gasteiger partial charge in [-0.1, -0.05) is 18.2 Å². The van der Waals surface area contributed by atoms with Gasteiger partial charge in [-0.25, -0.2) is 0 Å². The first-order chi connectivity index (χ1) is 13.5. The van der Waals surface area contributed by atoms with Gasteiger partial charge in [-0.2, -0.15) is 0 Å². The highest BCUT2D eigenvalue weighted by Crippen LogP contribution is 2.30. The van der Waals surface area contributed by atoms with Gasteiger partial charge in [0, 0.05) is 23.1 Å². The van der Waals surface area contributed by atoms with Gasteiger partial charge in [0.05, 0.1) is 20.3 Å². The molecular formula is C22H26N2O4. The maximum absolute atomic E-state index is 12.8. The van der Waals surface area contributed by atoms with E-state index in [2.05, 4.69) is 10.2 Å². The van der Waals surface area contributed by atoms with Crippen LogP contribution in [0, 0.1) is 6.92 Å². The van der Waals surface area contributed by atoms with Gasteiger partial charge in [0.2, 0.25) is 0 Å². The average Bonchev–Trinajstić information content (AvgIpc) is 3.04. The van der Waals surface area contributed by atoms with Crippen LogP contribution in [0.1, 0.15) is 27.7 Å². The molecule has 1 N–H and O–H groups in total. The number of aryl methyl sites for hydroxylation is 1. The summed E-state index contributed by atoms with van der Waals surface area (Å²) in [7, 11) is 7.21. The summed E-state index contributed by atoms with van der Waals surface area (Å²) < 4.78 is 16.5. The normalized spacial score (nSPS) is 12.2. The van der Waals surface area contributed by atoms with E-state index in [0.717, 1.165) is 28.0 Å². The van der Waals surface area contributed by atoms with E-state index in [1.165, 1.54) is 0 Å². The van der Waals surface area contributed by atoms with Crippen molar-refractivity contribution in [3.8, 4) is 11.5 Å². The molecule has 0 saturated carbocycles. The minimum absolute atomic E-state index is 0.0371. The number of carbonyl (C=O) groups excluding carboxylic acids is 1. The summed E-state index contributed by atoms with van der Waals surface area (Å²) in [6, 6.07) is 13.3. The molecule has 1 aromatic heterocycles. The lowest BCUT2D eigenvalue weighted by Crippen LogP contribution is -2.34. The zero-order valence-electron chi connectivity index (χ0n) is 16.9. The summed E-state index contributed by atoms with van der Waals surface area (Å²) in [6.45, 7) is 2.30. The van der Waals surface area contributed by atoms with E-state index in [4.69, 9.17) is 13.9 Å². The third-order valence-electron chi connectivity index (χ3n) is 4.93. The quantitative estimate of drug-likeness (QED) is 0.674. The number of hydrogen-bond acceptors (Lipinski definition) is 5. The second kappa shape index (κ2) is 8.35. The molecule has 0 saturated heterocycles. The number of benzene rings is 2. The maximum atomic E-state index is 12.8. The fourth-order valence-electron chi connectivity index (χ4n) is 3.33. The number of nitrogens with zero attached hydrogens (tertiary/aromatic N) is 1. The smallest absolute Gasteiger partial charge is 0.287 e. The third-order valence-corrected chi connectivity index (χ3v) is 4.93. The molecule has 0 aliphatic heterocycles. The Morgan fingerprint density at radius 1 is 1.14 bits per heavy atom. The average molecular weight is 382 g/mol. The van der Waals surface area contributed by atoms with Crippen LogP contribution in [0.5, 0.6) is 11.5 Å². The molecule has 28 heavy (non-hydrogen) atoms. The van der Waals surface area contributed by atoms with Gasteiger partial charge in [-0.05, 0) is 45.3 Å². The second-order valence-corrected chi connectivity index (χ2v) is 6.85. The zero-order valence-corrected chi connectivity index (χ0v) is 16.9. The van der Waals surface area contributed by atoms with Crippen molar-refractivity contribution in [3.05, 3.63) is 59.4 Å². The minimum Gasteiger partial charge on any atom is -0.497 e. The molecule has 2 aromatic carbocycles. The highest BCUT2D eigenvalue weighted by Gasteiger charge is 2.22. The first-order valence-electron chi connectivity index (χ1n) is 9.11. The number of para-hydroxylation sites is 1. The molecule has 1 amide bonds. The van der Waals surface area contributed by atoms with E-state index >= 15 is 0 Å². The molecule has 0 fully saturated rings. The number of amides is 1. The van der Waals surface area contributed by atoms with E-state index in [1.54, 1.807) is 14.2 Å². The predicted octanol–water partition coefficient (Wildman–Crippen LogP) is 3.79. The van der Waals surface area contributed by atoms with Crippen molar-refractivity contribution in [3.63, 3.8) is 0 Å². The van der Waals surface area contributed by atoms with Crippen LogP contribution < -0.4 is 14.8 Å². The molecule has 1 atom stereocenters. The second-order valence-electron chi connectivity index (χ2n) is 6.85. The zero-order chi connectivity index (χ0) is 20.3. The van der Waals surface area contributed by atoms with Crippen LogP contribution in [0.2, 0.25) is 0 Å². The van der Waals surface area contributed by atoms with Crippen LogP contribution >= 0.6 is 0 Å². The van der Waals surface area contributed by atoms with Crippen molar-refractivity contribution in [1.82, 2.24) is 10.2 Å². The van der Waals surface area contributed by atoms with Crippen LogP contribution in [-0.4, -0.2) is 45.7 Å². The molecule has 0 radical (unpaired) electrons. The lowest BCUT2D eigenvalue weighted by molar-refractivity contribution is 0.0915. The van der Waals surface area contributed by atoms with E-state index in [-0.39, 0.29) is 11.9 Å². The number of furan rings is 1. The number of rotatable bonds is 7. The fraction of sp³-hybridized carbons (Fsp3) is 0.318. The van der Waals surface area contributed by atoms with Gasteiger partial charge in [0.1, 0.15) is 17.1 Å². The lowest BCUT2D eigenvalue weighted by Gasteiger charge is -2.26. The molecule has 3 rings (SSSR count). The van der Waals surface area contributed by atoms with Crippen molar-refractivity contribution in [1.29, 1.82) is 0 Å². The summed E-state index contributed by atoms with van der Waals surface area (Å²) in [5, 5.41) is 3.87. The molecule has 148 valence electrons. The lowest BCUT2D eigenvalue weighted by atomic mass is 10.0. The highest BCUT2D eigenvalue weighted by molar-refractivity contribution is 5.99. The fourth-order valence-corrected chi connectivity index (χ4v) is 3.33. The number of hydrogen-bond donors (Lipinski definition) is 1. The SMILES string of the molecule is COc1ccc2oc(C(=O)NC[C@H](c3ccccc3OC)N(C)C)c(C)c2c1. The summed E-state index contributed by atoms with van der Waals surface area (Å²) in [6.07, 6.45) is 0. The molecule has 0 aliphatic carbocycles. The first kappa shape index (κ1) is 19.8. The van der Waals surface area contributed by atoms with Crippen molar-refractivity contribution < 1.29 is 18.7 Å². The van der Waals surface area contributed by atoms with Crippen LogP contribution in [0.3, 0.4) is 0 Å². The summed E-state index contributed by atoms with van der Waals surface area (Å²) >= 11 is 0. The molecule has 0 spiro atoms. The van der Waals surface area contributed by atoms with Gasteiger partial charge in [-0.15, -0.1) is 0 Å². The molecule has 6 nitrogen and oxygen atoms in total. The third kappa shape index (κ3) is 3.82. The van der Waals surface area contributed by atoms with E-state index in [9.17, 15) is 4.79 Å². The summed E-state index contributed by atoms with van der Waals surface area (Å²) in [4.78, 5) is 14.9. The highest BCUT2D eigenvalue weighted by atomic mass is 16.5. The van der Waals surface area contributed by atoms with Crippen molar-refractivity contribution in [2.75, 3.05) is 34.9 Å². The number of likely N-dealkylation sites (N-methyl/N-ethyl adjacent to an activating group) is 1. The molecule has 1 heterocycles. The summed E-state index contributed by atoms with van der Waals surface area (Å²) in [5.74, 6) is 1.60. The summed E-state index contributed by atoms with van der Waals surface area (Å²) in [5.41, 5.74) is 2.48. The predicted molar refractivity (Wildman–Crippen MR) is 109 cm³/mol. The van der Waals surface area contributed by atoms with Gasteiger partial charge in [0.25, 0.3) is 5.91 Å². The van der Waals surface area contributed by atoms with E-state index in [0.29, 0.717) is 17.9 Å².